The molecule has 5 N–H and O–H groups in total. The molecule has 2 unspecified atom stereocenters. The highest BCUT2D eigenvalue weighted by molar-refractivity contribution is 5.27. The second kappa shape index (κ2) is 3.46. The summed E-state index contributed by atoms with van der Waals surface area (Å²) in [5.41, 5.74) is 11.5. The Morgan fingerprint density at radius 2 is 2.08 bits per heavy atom. The van der Waals surface area contributed by atoms with Crippen molar-refractivity contribution in [1.82, 2.24) is 0 Å². The molecule has 3 nitrogen and oxygen atoms in total. The summed E-state index contributed by atoms with van der Waals surface area (Å²) in [7, 11) is 0. The topological polar surface area (TPSA) is 72.3 Å². The lowest BCUT2D eigenvalue weighted by Crippen LogP contribution is -2.50. The zero-order valence-corrected chi connectivity index (χ0v) is 7.99. The van der Waals surface area contributed by atoms with Crippen molar-refractivity contribution in [3.05, 3.63) is 35.4 Å². The van der Waals surface area contributed by atoms with Gasteiger partial charge in [0.15, 0.2) is 5.72 Å². The Morgan fingerprint density at radius 1 is 1.46 bits per heavy atom. The number of aryl methyl sites for hydroxylation is 1. The quantitative estimate of drug-likeness (QED) is 0.578. The van der Waals surface area contributed by atoms with Crippen molar-refractivity contribution in [2.45, 2.75) is 25.6 Å². The minimum absolute atomic E-state index is 0.491. The molecule has 0 aliphatic heterocycles. The number of rotatable bonds is 2. The van der Waals surface area contributed by atoms with Crippen LogP contribution in [-0.4, -0.2) is 11.1 Å². The van der Waals surface area contributed by atoms with Crippen LogP contribution in [0.3, 0.4) is 0 Å². The highest BCUT2D eigenvalue weighted by atomic mass is 16.3. The summed E-state index contributed by atoms with van der Waals surface area (Å²) in [5.74, 6) is 0. The second-order valence-electron chi connectivity index (χ2n) is 3.48. The molecular weight excluding hydrogens is 164 g/mol. The molecule has 0 fully saturated rings. The van der Waals surface area contributed by atoms with Crippen LogP contribution in [0.25, 0.3) is 0 Å². The standard InChI is InChI=1S/C10H16N2O/c1-7-4-3-5-9(6-7)10(12,13)8(2)11/h3-6,8,13H,11-12H2,1-2H3. The van der Waals surface area contributed by atoms with E-state index in [-0.39, 0.29) is 0 Å². The van der Waals surface area contributed by atoms with E-state index in [0.717, 1.165) is 5.56 Å². The van der Waals surface area contributed by atoms with Gasteiger partial charge in [-0.25, -0.2) is 0 Å². The van der Waals surface area contributed by atoms with Crippen molar-refractivity contribution in [2.24, 2.45) is 11.5 Å². The van der Waals surface area contributed by atoms with E-state index in [9.17, 15) is 5.11 Å². The summed E-state index contributed by atoms with van der Waals surface area (Å²) in [4.78, 5) is 0. The van der Waals surface area contributed by atoms with Crippen molar-refractivity contribution in [3.8, 4) is 0 Å². The zero-order chi connectivity index (χ0) is 10.1. The van der Waals surface area contributed by atoms with Crippen molar-refractivity contribution in [1.29, 1.82) is 0 Å². The molecule has 0 amide bonds. The lowest BCUT2D eigenvalue weighted by atomic mass is 9.96. The van der Waals surface area contributed by atoms with E-state index in [1.54, 1.807) is 13.0 Å². The van der Waals surface area contributed by atoms with E-state index < -0.39 is 11.8 Å². The number of hydrogen-bond donors (Lipinski definition) is 3. The van der Waals surface area contributed by atoms with Crippen molar-refractivity contribution < 1.29 is 5.11 Å². The van der Waals surface area contributed by atoms with Gasteiger partial charge in [-0.05, 0) is 19.4 Å². The molecule has 0 aromatic heterocycles. The molecular formula is C10H16N2O. The Bertz CT molecular complexity index is 295. The molecule has 0 saturated heterocycles. The predicted octanol–water partition coefficient (Wildman–Crippen LogP) is 0.446. The third-order valence-corrected chi connectivity index (χ3v) is 2.17. The summed E-state index contributed by atoms with van der Waals surface area (Å²) in [6, 6.07) is 6.92. The Morgan fingerprint density at radius 3 is 2.54 bits per heavy atom. The first kappa shape index (κ1) is 10.2. The van der Waals surface area contributed by atoms with Gasteiger partial charge in [-0.1, -0.05) is 29.8 Å². The summed E-state index contributed by atoms with van der Waals surface area (Å²) in [5, 5.41) is 9.84. The van der Waals surface area contributed by atoms with Crippen LogP contribution in [0.5, 0.6) is 0 Å². The maximum absolute atomic E-state index is 9.84. The largest absolute Gasteiger partial charge is 0.370 e. The third-order valence-electron chi connectivity index (χ3n) is 2.17. The Labute approximate surface area is 78.4 Å². The number of aliphatic hydroxyl groups is 1. The molecule has 0 radical (unpaired) electrons. The molecule has 3 heteroatoms. The molecule has 1 aromatic carbocycles. The van der Waals surface area contributed by atoms with Crippen LogP contribution in [0.4, 0.5) is 0 Å². The van der Waals surface area contributed by atoms with Crippen LogP contribution in [-0.2, 0) is 5.72 Å². The summed E-state index contributed by atoms with van der Waals surface area (Å²) >= 11 is 0. The lowest BCUT2D eigenvalue weighted by Gasteiger charge is -2.27. The average molecular weight is 180 g/mol. The normalized spacial score (nSPS) is 17.9. The fourth-order valence-corrected chi connectivity index (χ4v) is 1.16. The molecule has 0 heterocycles. The van der Waals surface area contributed by atoms with Crippen molar-refractivity contribution in [2.75, 3.05) is 0 Å². The molecule has 13 heavy (non-hydrogen) atoms. The van der Waals surface area contributed by atoms with Gasteiger partial charge in [0.2, 0.25) is 0 Å². The smallest absolute Gasteiger partial charge is 0.154 e. The van der Waals surface area contributed by atoms with Gasteiger partial charge in [0.05, 0.1) is 0 Å². The number of benzene rings is 1. The van der Waals surface area contributed by atoms with Crippen LogP contribution in [0.2, 0.25) is 0 Å². The van der Waals surface area contributed by atoms with E-state index in [4.69, 9.17) is 11.5 Å². The second-order valence-corrected chi connectivity index (χ2v) is 3.48. The van der Waals surface area contributed by atoms with Crippen LogP contribution in [0, 0.1) is 6.92 Å². The van der Waals surface area contributed by atoms with Gasteiger partial charge < -0.3 is 10.8 Å². The summed E-state index contributed by atoms with van der Waals surface area (Å²) in [6.45, 7) is 3.63. The van der Waals surface area contributed by atoms with E-state index >= 15 is 0 Å². The summed E-state index contributed by atoms with van der Waals surface area (Å²) < 4.78 is 0. The van der Waals surface area contributed by atoms with Gasteiger partial charge in [0.25, 0.3) is 0 Å². The van der Waals surface area contributed by atoms with Crippen LogP contribution < -0.4 is 11.5 Å². The number of nitrogens with two attached hydrogens (primary N) is 2. The van der Waals surface area contributed by atoms with Gasteiger partial charge in [0.1, 0.15) is 0 Å². The average Bonchev–Trinajstić information content (AvgIpc) is 2.04. The van der Waals surface area contributed by atoms with Gasteiger partial charge in [-0.2, -0.15) is 0 Å². The fraction of sp³-hybridized carbons (Fsp3) is 0.400. The summed E-state index contributed by atoms with van der Waals surface area (Å²) in [6.07, 6.45) is 0. The fourth-order valence-electron chi connectivity index (χ4n) is 1.16. The molecule has 0 bridgehead atoms. The number of hydrogen-bond acceptors (Lipinski definition) is 3. The molecule has 0 spiro atoms. The monoisotopic (exact) mass is 180 g/mol. The first-order valence-corrected chi connectivity index (χ1v) is 4.28. The van der Waals surface area contributed by atoms with E-state index in [2.05, 4.69) is 0 Å². The molecule has 2 atom stereocenters. The highest BCUT2D eigenvalue weighted by Crippen LogP contribution is 2.18. The van der Waals surface area contributed by atoms with Gasteiger partial charge >= 0.3 is 0 Å². The van der Waals surface area contributed by atoms with E-state index in [1.165, 1.54) is 0 Å². The SMILES string of the molecule is Cc1cccc(C(N)(O)C(C)N)c1. The molecule has 72 valence electrons. The first-order chi connectivity index (χ1) is 5.94. The van der Waals surface area contributed by atoms with Crippen LogP contribution in [0.15, 0.2) is 24.3 Å². The highest BCUT2D eigenvalue weighted by Gasteiger charge is 2.28. The minimum atomic E-state index is -1.44. The zero-order valence-electron chi connectivity index (χ0n) is 7.99. The van der Waals surface area contributed by atoms with Crippen molar-refractivity contribution in [3.63, 3.8) is 0 Å². The van der Waals surface area contributed by atoms with Crippen LogP contribution in [0.1, 0.15) is 18.1 Å². The predicted molar refractivity (Wildman–Crippen MR) is 52.9 cm³/mol. The Balaban J connectivity index is 3.07. The molecule has 1 rings (SSSR count). The Hall–Kier alpha value is -0.900. The maximum atomic E-state index is 9.84. The van der Waals surface area contributed by atoms with Crippen LogP contribution >= 0.6 is 0 Å². The molecule has 0 saturated carbocycles. The third kappa shape index (κ3) is 2.06. The minimum Gasteiger partial charge on any atom is -0.370 e. The van der Waals surface area contributed by atoms with E-state index in [0.29, 0.717) is 5.56 Å². The molecule has 1 aromatic rings. The first-order valence-electron chi connectivity index (χ1n) is 4.28. The van der Waals surface area contributed by atoms with Gasteiger partial charge in [-0.3, -0.25) is 5.73 Å². The van der Waals surface area contributed by atoms with E-state index in [1.807, 2.05) is 25.1 Å². The van der Waals surface area contributed by atoms with Crippen molar-refractivity contribution >= 4 is 0 Å². The lowest BCUT2D eigenvalue weighted by molar-refractivity contribution is 0.0216. The maximum Gasteiger partial charge on any atom is 0.154 e. The van der Waals surface area contributed by atoms with Gasteiger partial charge in [0, 0.05) is 6.04 Å². The molecule has 0 aliphatic rings. The Kier molecular flexibility index (Phi) is 2.71. The van der Waals surface area contributed by atoms with Gasteiger partial charge in [-0.15, -0.1) is 0 Å². The molecule has 0 aliphatic carbocycles.